The summed E-state index contributed by atoms with van der Waals surface area (Å²) < 4.78 is 5.47. The van der Waals surface area contributed by atoms with Gasteiger partial charge in [-0.05, 0) is 47.2 Å². The second kappa shape index (κ2) is 8.51. The van der Waals surface area contributed by atoms with Crippen molar-refractivity contribution in [3.8, 4) is 0 Å². The fourth-order valence-corrected chi connectivity index (χ4v) is 3.69. The highest BCUT2D eigenvalue weighted by molar-refractivity contribution is 6.29. The zero-order valence-electron chi connectivity index (χ0n) is 16.0. The molecular weight excluding hydrogens is 344 g/mol. The summed E-state index contributed by atoms with van der Waals surface area (Å²) >= 11 is 6.17. The lowest BCUT2D eigenvalue weighted by Crippen LogP contribution is -2.37. The summed E-state index contributed by atoms with van der Waals surface area (Å²) in [7, 11) is 0. The number of rotatable bonds is 5. The molecular formula is C22H29ClN2O. The third-order valence-electron chi connectivity index (χ3n) is 5.17. The molecule has 0 bridgehead atoms. The SMILES string of the molecule is CC(C)(C)c1ccc(C(CCN2CCOCC2)c2ccnc(Cl)c2)cc1. The van der Waals surface area contributed by atoms with Crippen molar-refractivity contribution in [2.45, 2.75) is 38.5 Å². The zero-order chi connectivity index (χ0) is 18.6. The standard InChI is InChI=1S/C22H29ClN2O/c1-22(2,3)19-6-4-17(5-7-19)20(18-8-10-24-21(23)16-18)9-11-25-12-14-26-15-13-25/h4-8,10,16,20H,9,11-15H2,1-3H3. The fraction of sp³-hybridized carbons (Fsp3) is 0.500. The lowest BCUT2D eigenvalue weighted by Gasteiger charge is -2.29. The van der Waals surface area contributed by atoms with Crippen LogP contribution in [0.4, 0.5) is 0 Å². The number of halogens is 1. The van der Waals surface area contributed by atoms with E-state index in [1.54, 1.807) is 0 Å². The van der Waals surface area contributed by atoms with Gasteiger partial charge in [-0.2, -0.15) is 0 Å². The summed E-state index contributed by atoms with van der Waals surface area (Å²) in [6.07, 6.45) is 2.87. The van der Waals surface area contributed by atoms with E-state index >= 15 is 0 Å². The minimum Gasteiger partial charge on any atom is -0.379 e. The van der Waals surface area contributed by atoms with Gasteiger partial charge in [0.15, 0.2) is 0 Å². The molecule has 26 heavy (non-hydrogen) atoms. The molecule has 140 valence electrons. The minimum atomic E-state index is 0.168. The first-order valence-corrected chi connectivity index (χ1v) is 9.83. The van der Waals surface area contributed by atoms with E-state index in [-0.39, 0.29) is 5.41 Å². The summed E-state index contributed by atoms with van der Waals surface area (Å²) in [5, 5.41) is 0.560. The van der Waals surface area contributed by atoms with E-state index in [1.807, 2.05) is 12.3 Å². The van der Waals surface area contributed by atoms with Crippen molar-refractivity contribution in [3.63, 3.8) is 0 Å². The smallest absolute Gasteiger partial charge is 0.129 e. The van der Waals surface area contributed by atoms with Crippen LogP contribution in [0.5, 0.6) is 0 Å². The van der Waals surface area contributed by atoms with Crippen LogP contribution in [-0.2, 0) is 10.2 Å². The largest absolute Gasteiger partial charge is 0.379 e. The lowest BCUT2D eigenvalue weighted by molar-refractivity contribution is 0.0369. The molecule has 1 unspecified atom stereocenters. The summed E-state index contributed by atoms with van der Waals surface area (Å²) in [6.45, 7) is 11.5. The Kier molecular flexibility index (Phi) is 6.33. The minimum absolute atomic E-state index is 0.168. The second-order valence-electron chi connectivity index (χ2n) is 8.08. The van der Waals surface area contributed by atoms with Gasteiger partial charge in [-0.1, -0.05) is 56.6 Å². The van der Waals surface area contributed by atoms with E-state index in [9.17, 15) is 0 Å². The van der Waals surface area contributed by atoms with Crippen molar-refractivity contribution in [3.05, 3.63) is 64.4 Å². The Morgan fingerprint density at radius 2 is 1.77 bits per heavy atom. The Morgan fingerprint density at radius 3 is 2.38 bits per heavy atom. The van der Waals surface area contributed by atoms with Crippen molar-refractivity contribution >= 4 is 11.6 Å². The first-order valence-electron chi connectivity index (χ1n) is 9.45. The summed E-state index contributed by atoms with van der Waals surface area (Å²) in [6, 6.07) is 13.2. The van der Waals surface area contributed by atoms with Crippen molar-refractivity contribution in [1.82, 2.24) is 9.88 Å². The van der Waals surface area contributed by atoms with Gasteiger partial charge in [-0.15, -0.1) is 0 Å². The quantitative estimate of drug-likeness (QED) is 0.699. The van der Waals surface area contributed by atoms with Crippen LogP contribution in [0.1, 0.15) is 49.8 Å². The first-order chi connectivity index (χ1) is 12.4. The van der Waals surface area contributed by atoms with E-state index in [4.69, 9.17) is 16.3 Å². The van der Waals surface area contributed by atoms with E-state index < -0.39 is 0 Å². The van der Waals surface area contributed by atoms with Crippen molar-refractivity contribution in [2.24, 2.45) is 0 Å². The number of morpholine rings is 1. The van der Waals surface area contributed by atoms with Gasteiger partial charge in [-0.25, -0.2) is 4.98 Å². The summed E-state index contributed by atoms with van der Waals surface area (Å²) in [4.78, 5) is 6.64. The predicted molar refractivity (Wildman–Crippen MR) is 108 cm³/mol. The molecule has 0 radical (unpaired) electrons. The molecule has 4 heteroatoms. The first kappa shape index (κ1) is 19.3. The molecule has 3 nitrogen and oxygen atoms in total. The Bertz CT molecular complexity index is 703. The van der Waals surface area contributed by atoms with Gasteiger partial charge >= 0.3 is 0 Å². The highest BCUT2D eigenvalue weighted by atomic mass is 35.5. The third kappa shape index (κ3) is 5.06. The Morgan fingerprint density at radius 1 is 1.08 bits per heavy atom. The number of nitrogens with zero attached hydrogens (tertiary/aromatic N) is 2. The maximum Gasteiger partial charge on any atom is 0.129 e. The molecule has 2 aromatic rings. The molecule has 3 rings (SSSR count). The predicted octanol–water partition coefficient (Wildman–Crippen LogP) is 4.89. The van der Waals surface area contributed by atoms with E-state index in [2.05, 4.69) is 61.0 Å². The Hall–Kier alpha value is -1.42. The van der Waals surface area contributed by atoms with Crippen LogP contribution >= 0.6 is 11.6 Å². The zero-order valence-corrected chi connectivity index (χ0v) is 16.8. The topological polar surface area (TPSA) is 25.4 Å². The number of ether oxygens (including phenoxy) is 1. The van der Waals surface area contributed by atoms with E-state index in [0.29, 0.717) is 11.1 Å². The third-order valence-corrected chi connectivity index (χ3v) is 5.38. The van der Waals surface area contributed by atoms with Gasteiger partial charge in [0.2, 0.25) is 0 Å². The van der Waals surface area contributed by atoms with Crippen molar-refractivity contribution < 1.29 is 4.74 Å². The highest BCUT2D eigenvalue weighted by Gasteiger charge is 2.19. The average molecular weight is 373 g/mol. The van der Waals surface area contributed by atoms with Gasteiger partial charge in [0.1, 0.15) is 5.15 Å². The molecule has 1 aromatic carbocycles. The lowest BCUT2D eigenvalue weighted by atomic mass is 9.83. The number of benzene rings is 1. The maximum absolute atomic E-state index is 6.17. The fourth-order valence-electron chi connectivity index (χ4n) is 3.51. The molecule has 0 saturated carbocycles. The number of pyridine rings is 1. The molecule has 1 saturated heterocycles. The molecule has 0 amide bonds. The van der Waals surface area contributed by atoms with Crippen LogP contribution in [0.25, 0.3) is 0 Å². The van der Waals surface area contributed by atoms with Crippen LogP contribution < -0.4 is 0 Å². The molecule has 2 heterocycles. The molecule has 1 aromatic heterocycles. The molecule has 0 aliphatic carbocycles. The van der Waals surface area contributed by atoms with Gasteiger partial charge in [0.05, 0.1) is 13.2 Å². The van der Waals surface area contributed by atoms with Crippen molar-refractivity contribution in [1.29, 1.82) is 0 Å². The van der Waals surface area contributed by atoms with Crippen LogP contribution in [0.15, 0.2) is 42.6 Å². The van der Waals surface area contributed by atoms with Gasteiger partial charge in [0.25, 0.3) is 0 Å². The van der Waals surface area contributed by atoms with Crippen LogP contribution in [0.2, 0.25) is 5.15 Å². The number of hydrogen-bond donors (Lipinski definition) is 0. The van der Waals surface area contributed by atoms with Crippen LogP contribution in [-0.4, -0.2) is 42.7 Å². The molecule has 0 spiro atoms. The maximum atomic E-state index is 6.17. The van der Waals surface area contributed by atoms with Gasteiger partial charge in [-0.3, -0.25) is 4.90 Å². The van der Waals surface area contributed by atoms with Crippen LogP contribution in [0.3, 0.4) is 0 Å². The number of hydrogen-bond acceptors (Lipinski definition) is 3. The Labute approximate surface area is 162 Å². The molecule has 1 fully saturated rings. The average Bonchev–Trinajstić information content (AvgIpc) is 2.63. The number of aromatic nitrogens is 1. The molecule has 1 aliphatic heterocycles. The molecule has 1 atom stereocenters. The van der Waals surface area contributed by atoms with E-state index in [0.717, 1.165) is 39.3 Å². The van der Waals surface area contributed by atoms with Crippen molar-refractivity contribution in [2.75, 3.05) is 32.8 Å². The van der Waals surface area contributed by atoms with Gasteiger partial charge < -0.3 is 4.74 Å². The van der Waals surface area contributed by atoms with Crippen LogP contribution in [0, 0.1) is 0 Å². The van der Waals surface area contributed by atoms with E-state index in [1.165, 1.54) is 16.7 Å². The van der Waals surface area contributed by atoms with Gasteiger partial charge in [0, 0.05) is 25.2 Å². The summed E-state index contributed by atoms with van der Waals surface area (Å²) in [5.74, 6) is 0.326. The second-order valence-corrected chi connectivity index (χ2v) is 8.47. The highest BCUT2D eigenvalue weighted by Crippen LogP contribution is 2.31. The molecule has 1 aliphatic rings. The Balaban J connectivity index is 1.82. The summed E-state index contributed by atoms with van der Waals surface area (Å²) in [5.41, 5.74) is 4.11. The normalized spacial score (nSPS) is 17.2. The molecule has 0 N–H and O–H groups in total. The monoisotopic (exact) mass is 372 g/mol.